The Morgan fingerprint density at radius 2 is 1.67 bits per heavy atom. The average Bonchev–Trinajstić information content (AvgIpc) is 2.35. The molecular weight excluding hydrogens is 232 g/mol. The maximum atomic E-state index is 12.0. The van der Waals surface area contributed by atoms with E-state index < -0.39 is 12.0 Å². The lowest BCUT2D eigenvalue weighted by Gasteiger charge is -2.23. The number of hydrogen-bond acceptors (Lipinski definition) is 3. The van der Waals surface area contributed by atoms with Gasteiger partial charge in [-0.15, -0.1) is 0 Å². The quantitative estimate of drug-likeness (QED) is 0.622. The van der Waals surface area contributed by atoms with Gasteiger partial charge in [0.2, 0.25) is 5.91 Å². The molecule has 1 atom stereocenters. The van der Waals surface area contributed by atoms with E-state index in [1.807, 2.05) is 4.90 Å². The van der Waals surface area contributed by atoms with Gasteiger partial charge in [-0.2, -0.15) is 0 Å². The van der Waals surface area contributed by atoms with Crippen molar-refractivity contribution >= 4 is 11.9 Å². The van der Waals surface area contributed by atoms with Crippen molar-refractivity contribution in [3.05, 3.63) is 0 Å². The van der Waals surface area contributed by atoms with Crippen LogP contribution in [0.5, 0.6) is 0 Å². The maximum absolute atomic E-state index is 12.0. The first-order valence-corrected chi connectivity index (χ1v) is 6.76. The fraction of sp³-hybridized carbons (Fsp3) is 0.846. The van der Waals surface area contributed by atoms with Crippen LogP contribution in [0.2, 0.25) is 0 Å². The molecule has 0 aliphatic heterocycles. The number of rotatable bonds is 10. The van der Waals surface area contributed by atoms with Gasteiger partial charge in [-0.25, -0.2) is 0 Å². The summed E-state index contributed by atoms with van der Waals surface area (Å²) in [6.45, 7) is 7.34. The highest BCUT2D eigenvalue weighted by Crippen LogP contribution is 2.00. The average molecular weight is 258 g/mol. The number of nitrogens with one attached hydrogen (secondary N) is 1. The Balaban J connectivity index is 4.14. The van der Waals surface area contributed by atoms with E-state index in [9.17, 15) is 9.59 Å². The van der Waals surface area contributed by atoms with E-state index >= 15 is 0 Å². The first-order valence-electron chi connectivity index (χ1n) is 6.76. The molecule has 18 heavy (non-hydrogen) atoms. The number of hydrogen-bond donors (Lipinski definition) is 2. The number of carbonyl (C=O) groups excluding carboxylic acids is 1. The Morgan fingerprint density at radius 3 is 2.06 bits per heavy atom. The zero-order valence-corrected chi connectivity index (χ0v) is 11.7. The van der Waals surface area contributed by atoms with E-state index in [1.165, 1.54) is 6.92 Å². The molecule has 0 rings (SSSR count). The molecule has 0 heterocycles. The van der Waals surface area contributed by atoms with Crippen molar-refractivity contribution in [2.45, 2.75) is 52.5 Å². The minimum absolute atomic E-state index is 0.00926. The second-order valence-corrected chi connectivity index (χ2v) is 4.53. The number of carbonyl (C=O) groups is 2. The number of unbranched alkanes of at least 4 members (excludes halogenated alkanes) is 2. The van der Waals surface area contributed by atoms with Crippen LogP contribution in [-0.2, 0) is 9.59 Å². The normalized spacial score (nSPS) is 12.2. The predicted molar refractivity (Wildman–Crippen MR) is 71.5 cm³/mol. The summed E-state index contributed by atoms with van der Waals surface area (Å²) in [5, 5.41) is 11.5. The third-order valence-corrected chi connectivity index (χ3v) is 2.85. The van der Waals surface area contributed by atoms with Crippen LogP contribution in [0.1, 0.15) is 46.5 Å². The van der Waals surface area contributed by atoms with E-state index in [0.717, 1.165) is 38.8 Å². The molecule has 0 aliphatic carbocycles. The standard InChI is InChI=1S/C13H26N2O3/c1-4-6-8-15(9-7-5-2)12(16)10-14-11(3)13(17)18/h11,14H,4-10H2,1-3H3,(H,17,18)/t11-/m1/s1. The number of amides is 1. The van der Waals surface area contributed by atoms with E-state index in [2.05, 4.69) is 19.2 Å². The lowest BCUT2D eigenvalue weighted by atomic mass is 10.2. The maximum Gasteiger partial charge on any atom is 0.320 e. The van der Waals surface area contributed by atoms with Crippen molar-refractivity contribution < 1.29 is 14.7 Å². The number of aliphatic carboxylic acids is 1. The molecule has 0 bridgehead atoms. The van der Waals surface area contributed by atoms with Crippen LogP contribution in [0.4, 0.5) is 0 Å². The van der Waals surface area contributed by atoms with Gasteiger partial charge in [0, 0.05) is 13.1 Å². The van der Waals surface area contributed by atoms with Crippen molar-refractivity contribution in [3.63, 3.8) is 0 Å². The Labute approximate surface area is 110 Å². The number of nitrogens with zero attached hydrogens (tertiary/aromatic N) is 1. The van der Waals surface area contributed by atoms with Gasteiger partial charge in [-0.1, -0.05) is 26.7 Å². The summed E-state index contributed by atoms with van der Waals surface area (Å²) >= 11 is 0. The second kappa shape index (κ2) is 9.88. The summed E-state index contributed by atoms with van der Waals surface area (Å²) < 4.78 is 0. The first-order chi connectivity index (χ1) is 8.52. The van der Waals surface area contributed by atoms with E-state index in [4.69, 9.17) is 5.11 Å². The van der Waals surface area contributed by atoms with Gasteiger partial charge in [0.25, 0.3) is 0 Å². The number of carboxylic acids is 1. The van der Waals surface area contributed by atoms with E-state index in [1.54, 1.807) is 0 Å². The molecule has 0 aromatic rings. The van der Waals surface area contributed by atoms with Crippen LogP contribution in [0.25, 0.3) is 0 Å². The Hall–Kier alpha value is -1.10. The lowest BCUT2D eigenvalue weighted by Crippen LogP contribution is -2.44. The predicted octanol–water partition coefficient (Wildman–Crippen LogP) is 1.48. The Kier molecular flexibility index (Phi) is 9.28. The SMILES string of the molecule is CCCCN(CCCC)C(=O)CN[C@H](C)C(=O)O. The molecule has 0 aromatic heterocycles. The van der Waals surface area contributed by atoms with Crippen LogP contribution >= 0.6 is 0 Å². The molecular formula is C13H26N2O3. The molecule has 0 saturated heterocycles. The summed E-state index contributed by atoms with van der Waals surface area (Å²) in [6.07, 6.45) is 4.08. The van der Waals surface area contributed by atoms with E-state index in [-0.39, 0.29) is 12.5 Å². The summed E-state index contributed by atoms with van der Waals surface area (Å²) in [6, 6.07) is -0.687. The van der Waals surface area contributed by atoms with Crippen molar-refractivity contribution in [1.82, 2.24) is 10.2 Å². The molecule has 2 N–H and O–H groups in total. The zero-order valence-electron chi connectivity index (χ0n) is 11.7. The van der Waals surface area contributed by atoms with Crippen LogP contribution in [-0.4, -0.2) is 47.6 Å². The summed E-state index contributed by atoms with van der Waals surface area (Å²) in [4.78, 5) is 24.4. The molecule has 0 aromatic carbocycles. The largest absolute Gasteiger partial charge is 0.480 e. The van der Waals surface area contributed by atoms with Gasteiger partial charge in [0.15, 0.2) is 0 Å². The lowest BCUT2D eigenvalue weighted by molar-refractivity contribution is -0.139. The van der Waals surface area contributed by atoms with Gasteiger partial charge < -0.3 is 10.0 Å². The summed E-state index contributed by atoms with van der Waals surface area (Å²) in [5.41, 5.74) is 0. The third-order valence-electron chi connectivity index (χ3n) is 2.85. The van der Waals surface area contributed by atoms with Gasteiger partial charge in [0.1, 0.15) is 6.04 Å². The number of carboxylic acid groups (broad SMARTS) is 1. The minimum atomic E-state index is -0.934. The van der Waals surface area contributed by atoms with Crippen molar-refractivity contribution in [2.75, 3.05) is 19.6 Å². The van der Waals surface area contributed by atoms with Crippen LogP contribution in [0.3, 0.4) is 0 Å². The Morgan fingerprint density at radius 1 is 1.17 bits per heavy atom. The van der Waals surface area contributed by atoms with Gasteiger partial charge in [-0.05, 0) is 19.8 Å². The van der Waals surface area contributed by atoms with Crippen LogP contribution in [0.15, 0.2) is 0 Å². The topological polar surface area (TPSA) is 69.6 Å². The van der Waals surface area contributed by atoms with Crippen molar-refractivity contribution in [1.29, 1.82) is 0 Å². The molecule has 0 saturated carbocycles. The Bertz CT molecular complexity index is 249. The highest BCUT2D eigenvalue weighted by Gasteiger charge is 2.15. The minimum Gasteiger partial charge on any atom is -0.480 e. The molecule has 5 nitrogen and oxygen atoms in total. The monoisotopic (exact) mass is 258 g/mol. The highest BCUT2D eigenvalue weighted by atomic mass is 16.4. The van der Waals surface area contributed by atoms with Gasteiger partial charge in [0.05, 0.1) is 6.54 Å². The fourth-order valence-electron chi connectivity index (χ4n) is 1.50. The van der Waals surface area contributed by atoms with Crippen LogP contribution in [0, 0.1) is 0 Å². The van der Waals surface area contributed by atoms with Crippen molar-refractivity contribution in [2.24, 2.45) is 0 Å². The fourth-order valence-corrected chi connectivity index (χ4v) is 1.50. The molecule has 106 valence electrons. The summed E-state index contributed by atoms with van der Waals surface area (Å²) in [5.74, 6) is -0.943. The zero-order chi connectivity index (χ0) is 14.0. The van der Waals surface area contributed by atoms with E-state index in [0.29, 0.717) is 0 Å². The first kappa shape index (κ1) is 16.9. The molecule has 0 unspecified atom stereocenters. The molecule has 5 heteroatoms. The smallest absolute Gasteiger partial charge is 0.320 e. The third kappa shape index (κ3) is 7.27. The van der Waals surface area contributed by atoms with Crippen LogP contribution < -0.4 is 5.32 Å². The van der Waals surface area contributed by atoms with Gasteiger partial charge >= 0.3 is 5.97 Å². The summed E-state index contributed by atoms with van der Waals surface area (Å²) in [7, 11) is 0. The van der Waals surface area contributed by atoms with Gasteiger partial charge in [-0.3, -0.25) is 14.9 Å². The molecule has 0 spiro atoms. The van der Waals surface area contributed by atoms with Crippen molar-refractivity contribution in [3.8, 4) is 0 Å². The molecule has 0 radical (unpaired) electrons. The molecule has 1 amide bonds. The molecule has 0 aliphatic rings. The highest BCUT2D eigenvalue weighted by molar-refractivity contribution is 5.79. The second-order valence-electron chi connectivity index (χ2n) is 4.53. The molecule has 0 fully saturated rings.